The molecule has 0 fully saturated rings. The van der Waals surface area contributed by atoms with Crippen LogP contribution in [0.3, 0.4) is 0 Å². The monoisotopic (exact) mass is 434 g/mol. The minimum atomic E-state index is -4.56. The first-order valence-electron chi connectivity index (χ1n) is 9.56. The zero-order valence-corrected chi connectivity index (χ0v) is 17.1. The summed E-state index contributed by atoms with van der Waals surface area (Å²) in [6, 6.07) is 10.6. The number of nitrogens with zero attached hydrogens (tertiary/aromatic N) is 3. The molecule has 31 heavy (non-hydrogen) atoms. The van der Waals surface area contributed by atoms with Crippen LogP contribution in [0.4, 0.5) is 13.2 Å². The fourth-order valence-electron chi connectivity index (χ4n) is 2.93. The third-order valence-electron chi connectivity index (χ3n) is 4.46. The largest absolute Gasteiger partial charge is 0.449 e. The molecule has 0 saturated carbocycles. The van der Waals surface area contributed by atoms with Gasteiger partial charge >= 0.3 is 12.1 Å². The number of hydrogen-bond donors (Lipinski definition) is 1. The van der Waals surface area contributed by atoms with Gasteiger partial charge in [-0.2, -0.15) is 18.3 Å². The molecule has 1 aromatic carbocycles. The molecule has 1 amide bonds. The quantitative estimate of drug-likeness (QED) is 0.595. The lowest BCUT2D eigenvalue weighted by Gasteiger charge is -2.15. The molecule has 1 unspecified atom stereocenters. The number of benzene rings is 1. The van der Waals surface area contributed by atoms with Gasteiger partial charge in [-0.25, -0.2) is 14.5 Å². The van der Waals surface area contributed by atoms with Crippen LogP contribution < -0.4 is 5.32 Å². The summed E-state index contributed by atoms with van der Waals surface area (Å²) in [5.41, 5.74) is 1.83. The summed E-state index contributed by atoms with van der Waals surface area (Å²) in [6.45, 7) is 3.52. The standard InChI is InChI=1S/C21H21F3N4O3/c1-12(2)28-18-16(10-26-28)15(9-17(27-18)14-7-5-4-6-8-14)20(30)31-13(3)19(29)25-11-21(22,23)24/h4-10,12-13H,11H2,1-3H3,(H,25,29). The Morgan fingerprint density at radius 2 is 1.84 bits per heavy atom. The molecule has 0 aliphatic rings. The fraction of sp³-hybridized carbons (Fsp3) is 0.333. The third-order valence-corrected chi connectivity index (χ3v) is 4.46. The van der Waals surface area contributed by atoms with Crippen molar-refractivity contribution < 1.29 is 27.5 Å². The molecule has 0 aliphatic carbocycles. The average Bonchev–Trinajstić information content (AvgIpc) is 3.15. The number of carbonyl (C=O) groups excluding carboxylic acids is 2. The van der Waals surface area contributed by atoms with E-state index in [0.29, 0.717) is 16.7 Å². The molecule has 0 aliphatic heterocycles. The molecule has 1 atom stereocenters. The summed E-state index contributed by atoms with van der Waals surface area (Å²) in [4.78, 5) is 29.4. The molecule has 0 bridgehead atoms. The summed E-state index contributed by atoms with van der Waals surface area (Å²) < 4.78 is 43.7. The molecule has 3 rings (SSSR count). The zero-order valence-electron chi connectivity index (χ0n) is 17.1. The molecule has 3 aromatic rings. The third kappa shape index (κ3) is 5.19. The van der Waals surface area contributed by atoms with Crippen LogP contribution in [0.1, 0.15) is 37.2 Å². The lowest BCUT2D eigenvalue weighted by molar-refractivity contribution is -0.143. The van der Waals surface area contributed by atoms with Crippen molar-refractivity contribution in [2.75, 3.05) is 6.54 Å². The summed E-state index contributed by atoms with van der Waals surface area (Å²) in [5.74, 6) is -1.90. The van der Waals surface area contributed by atoms with Gasteiger partial charge < -0.3 is 10.1 Å². The van der Waals surface area contributed by atoms with E-state index in [1.54, 1.807) is 10.00 Å². The number of ether oxygens (including phenoxy) is 1. The maximum absolute atomic E-state index is 12.8. The summed E-state index contributed by atoms with van der Waals surface area (Å²) >= 11 is 0. The highest BCUT2D eigenvalue weighted by Gasteiger charge is 2.30. The highest BCUT2D eigenvalue weighted by atomic mass is 19.4. The Hall–Kier alpha value is -3.43. The van der Waals surface area contributed by atoms with Gasteiger partial charge in [0.1, 0.15) is 6.54 Å². The van der Waals surface area contributed by atoms with Crippen LogP contribution >= 0.6 is 0 Å². The first kappa shape index (κ1) is 22.3. The van der Waals surface area contributed by atoms with Crippen LogP contribution in [0.25, 0.3) is 22.3 Å². The van der Waals surface area contributed by atoms with Crippen LogP contribution in [0.5, 0.6) is 0 Å². The topological polar surface area (TPSA) is 86.1 Å². The number of esters is 1. The van der Waals surface area contributed by atoms with Gasteiger partial charge in [0.25, 0.3) is 5.91 Å². The van der Waals surface area contributed by atoms with E-state index >= 15 is 0 Å². The highest BCUT2D eigenvalue weighted by molar-refractivity contribution is 6.04. The van der Waals surface area contributed by atoms with Gasteiger partial charge in [-0.15, -0.1) is 0 Å². The highest BCUT2D eigenvalue weighted by Crippen LogP contribution is 2.27. The van der Waals surface area contributed by atoms with Crippen molar-refractivity contribution in [2.24, 2.45) is 0 Å². The molecule has 0 radical (unpaired) electrons. The second kappa shape index (κ2) is 8.75. The van der Waals surface area contributed by atoms with Crippen LogP contribution in [0, 0.1) is 0 Å². The number of alkyl halides is 3. The molecule has 10 heteroatoms. The second-order valence-corrected chi connectivity index (χ2v) is 7.22. The minimum Gasteiger partial charge on any atom is -0.449 e. The van der Waals surface area contributed by atoms with Gasteiger partial charge in [-0.1, -0.05) is 30.3 Å². The van der Waals surface area contributed by atoms with Crippen molar-refractivity contribution >= 4 is 22.9 Å². The Morgan fingerprint density at radius 1 is 1.16 bits per heavy atom. The summed E-state index contributed by atoms with van der Waals surface area (Å²) in [6.07, 6.45) is -4.51. The van der Waals surface area contributed by atoms with Crippen LogP contribution in [0.2, 0.25) is 0 Å². The van der Waals surface area contributed by atoms with Crippen molar-refractivity contribution in [3.05, 3.63) is 48.2 Å². The Bertz CT molecular complexity index is 1090. The number of nitrogens with one attached hydrogen (secondary N) is 1. The first-order chi connectivity index (χ1) is 14.6. The van der Waals surface area contributed by atoms with Crippen LogP contribution in [0.15, 0.2) is 42.6 Å². The Labute approximate surface area is 176 Å². The van der Waals surface area contributed by atoms with E-state index in [1.165, 1.54) is 19.2 Å². The average molecular weight is 434 g/mol. The predicted molar refractivity (Wildman–Crippen MR) is 107 cm³/mol. The van der Waals surface area contributed by atoms with Crippen LogP contribution in [-0.4, -0.2) is 45.5 Å². The molecular weight excluding hydrogens is 413 g/mol. The Balaban J connectivity index is 1.95. The first-order valence-corrected chi connectivity index (χ1v) is 9.56. The smallest absolute Gasteiger partial charge is 0.405 e. The Kier molecular flexibility index (Phi) is 6.28. The van der Waals surface area contributed by atoms with Gasteiger partial charge in [0.05, 0.1) is 22.8 Å². The molecule has 1 N–H and O–H groups in total. The number of halogens is 3. The van der Waals surface area contributed by atoms with Crippen molar-refractivity contribution in [1.29, 1.82) is 0 Å². The molecule has 0 saturated heterocycles. The lowest BCUT2D eigenvalue weighted by Crippen LogP contribution is -2.40. The van der Waals surface area contributed by atoms with Crippen molar-refractivity contribution in [3.63, 3.8) is 0 Å². The van der Waals surface area contributed by atoms with E-state index in [4.69, 9.17) is 4.74 Å². The molecule has 2 heterocycles. The number of hydrogen-bond acceptors (Lipinski definition) is 5. The molecular formula is C21H21F3N4O3. The van der Waals surface area contributed by atoms with Gasteiger partial charge in [-0.05, 0) is 26.8 Å². The van der Waals surface area contributed by atoms with Gasteiger partial charge in [0, 0.05) is 11.6 Å². The second-order valence-electron chi connectivity index (χ2n) is 7.22. The fourth-order valence-corrected chi connectivity index (χ4v) is 2.93. The minimum absolute atomic E-state index is 0.0352. The van der Waals surface area contributed by atoms with E-state index in [-0.39, 0.29) is 11.6 Å². The van der Waals surface area contributed by atoms with E-state index in [0.717, 1.165) is 5.56 Å². The number of aromatic nitrogens is 3. The van der Waals surface area contributed by atoms with E-state index in [2.05, 4.69) is 10.1 Å². The lowest BCUT2D eigenvalue weighted by atomic mass is 10.1. The van der Waals surface area contributed by atoms with E-state index in [1.807, 2.05) is 44.2 Å². The van der Waals surface area contributed by atoms with E-state index in [9.17, 15) is 22.8 Å². The van der Waals surface area contributed by atoms with E-state index < -0.39 is 30.7 Å². The number of fused-ring (bicyclic) bond motifs is 1. The molecule has 7 nitrogen and oxygen atoms in total. The Morgan fingerprint density at radius 3 is 2.45 bits per heavy atom. The molecule has 164 valence electrons. The van der Waals surface area contributed by atoms with Crippen LogP contribution in [-0.2, 0) is 9.53 Å². The van der Waals surface area contributed by atoms with Crippen molar-refractivity contribution in [1.82, 2.24) is 20.1 Å². The van der Waals surface area contributed by atoms with Gasteiger partial charge in [0.15, 0.2) is 11.8 Å². The van der Waals surface area contributed by atoms with Crippen molar-refractivity contribution in [2.45, 2.75) is 39.1 Å². The van der Waals surface area contributed by atoms with Gasteiger partial charge in [-0.3, -0.25) is 4.79 Å². The van der Waals surface area contributed by atoms with Crippen molar-refractivity contribution in [3.8, 4) is 11.3 Å². The normalized spacial score (nSPS) is 12.7. The zero-order chi connectivity index (χ0) is 22.8. The molecule has 2 aromatic heterocycles. The summed E-state index contributed by atoms with van der Waals surface area (Å²) in [7, 11) is 0. The van der Waals surface area contributed by atoms with Gasteiger partial charge in [0.2, 0.25) is 0 Å². The maximum Gasteiger partial charge on any atom is 0.405 e. The molecule has 0 spiro atoms. The number of rotatable bonds is 6. The number of carbonyl (C=O) groups is 2. The SMILES string of the molecule is CC(OC(=O)c1cc(-c2ccccc2)nc2c1cnn2C(C)C)C(=O)NCC(F)(F)F. The maximum atomic E-state index is 12.8. The number of pyridine rings is 1. The predicted octanol–water partition coefficient (Wildman–Crippen LogP) is 3.90. The summed E-state index contributed by atoms with van der Waals surface area (Å²) in [5, 5.41) is 6.41. The number of amides is 1.